The molecule has 0 saturated carbocycles. The van der Waals surface area contributed by atoms with Crippen LogP contribution in [0.15, 0.2) is 79.1 Å². The van der Waals surface area contributed by atoms with Crippen molar-refractivity contribution in [1.29, 1.82) is 0 Å². The van der Waals surface area contributed by atoms with Crippen LogP contribution in [0.4, 0.5) is 11.6 Å². The number of amides is 2. The van der Waals surface area contributed by atoms with E-state index in [1.54, 1.807) is 36.5 Å². The van der Waals surface area contributed by atoms with Crippen LogP contribution in [0.3, 0.4) is 0 Å². The molecule has 0 aliphatic rings. The highest BCUT2D eigenvalue weighted by atomic mass is 32.2. The van der Waals surface area contributed by atoms with E-state index in [2.05, 4.69) is 42.9 Å². The van der Waals surface area contributed by atoms with Crippen molar-refractivity contribution in [2.24, 2.45) is 0 Å². The van der Waals surface area contributed by atoms with Crippen LogP contribution in [-0.2, 0) is 25.7 Å². The lowest BCUT2D eigenvalue weighted by atomic mass is 10.2. The molecule has 0 aliphatic heterocycles. The summed E-state index contributed by atoms with van der Waals surface area (Å²) in [5.41, 5.74) is 0. The number of nitrogens with zero attached hydrogens (tertiary/aromatic N) is 2. The average Bonchev–Trinajstić information content (AvgIpc) is 3.05. The highest BCUT2D eigenvalue weighted by molar-refractivity contribution is 7.78. The minimum atomic E-state index is -2.13. The van der Waals surface area contributed by atoms with Crippen molar-refractivity contribution < 1.29 is 27.9 Å². The van der Waals surface area contributed by atoms with Gasteiger partial charge in [-0.25, -0.2) is 9.97 Å². The lowest BCUT2D eigenvalue weighted by molar-refractivity contribution is -0.139. The number of pyridine rings is 2. The van der Waals surface area contributed by atoms with Gasteiger partial charge in [0, 0.05) is 38.4 Å². The second kappa shape index (κ2) is 22.9. The molecule has 2 atom stereocenters. The Balaban J connectivity index is 0.000000490. The van der Waals surface area contributed by atoms with Gasteiger partial charge in [0.15, 0.2) is 0 Å². The number of aromatic nitrogens is 2. The van der Waals surface area contributed by atoms with Crippen molar-refractivity contribution in [3.63, 3.8) is 0 Å². The Morgan fingerprint density at radius 2 is 1.40 bits per heavy atom. The van der Waals surface area contributed by atoms with E-state index in [0.717, 1.165) is 24.6 Å². The molecule has 3 rings (SSSR count). The molecule has 3 aromatic rings. The number of hydrogen-bond donors (Lipinski definition) is 6. The summed E-state index contributed by atoms with van der Waals surface area (Å²) in [6.45, 7) is 3.28. The number of para-hydroxylation sites is 1. The highest BCUT2D eigenvalue weighted by Gasteiger charge is 2.21. The van der Waals surface area contributed by atoms with Crippen LogP contribution in [0.25, 0.3) is 0 Å². The van der Waals surface area contributed by atoms with Gasteiger partial charge in [-0.3, -0.25) is 14.4 Å². The predicted molar refractivity (Wildman–Crippen MR) is 175 cm³/mol. The van der Waals surface area contributed by atoms with E-state index in [4.69, 9.17) is 4.18 Å². The van der Waals surface area contributed by atoms with E-state index in [0.29, 0.717) is 18.7 Å². The zero-order chi connectivity index (χ0) is 32.5. The summed E-state index contributed by atoms with van der Waals surface area (Å²) in [6, 6.07) is 18.4. The van der Waals surface area contributed by atoms with Gasteiger partial charge in [-0.1, -0.05) is 50.1 Å². The third kappa shape index (κ3) is 18.0. The number of benzene rings is 1. The number of nitrogens with one attached hydrogen (secondary N) is 5. The van der Waals surface area contributed by atoms with Crippen molar-refractivity contribution >= 4 is 40.7 Å². The summed E-state index contributed by atoms with van der Waals surface area (Å²) in [5.74, 6) is -0.122. The van der Waals surface area contributed by atoms with Crippen molar-refractivity contribution in [2.75, 3.05) is 36.8 Å². The predicted octanol–water partition coefficient (Wildman–Crippen LogP) is 3.28. The van der Waals surface area contributed by atoms with E-state index < -0.39 is 29.2 Å². The van der Waals surface area contributed by atoms with Crippen LogP contribution in [-0.4, -0.2) is 69.3 Å². The van der Waals surface area contributed by atoms with E-state index >= 15 is 0 Å². The van der Waals surface area contributed by atoms with Gasteiger partial charge >= 0.3 is 5.97 Å². The number of anilines is 2. The van der Waals surface area contributed by atoms with Crippen LogP contribution < -0.4 is 30.2 Å². The first-order valence-corrected chi connectivity index (χ1v) is 15.9. The molecule has 0 fully saturated rings. The van der Waals surface area contributed by atoms with Gasteiger partial charge in [-0.2, -0.15) is 8.93 Å². The smallest absolute Gasteiger partial charge is 0.323 e. The molecule has 2 unspecified atom stereocenters. The van der Waals surface area contributed by atoms with Gasteiger partial charge in [0.25, 0.3) is 11.3 Å². The molecule has 6 N–H and O–H groups in total. The number of rotatable bonds is 20. The van der Waals surface area contributed by atoms with E-state index in [1.807, 2.05) is 42.6 Å². The second-order valence-corrected chi connectivity index (χ2v) is 10.5. The maximum Gasteiger partial charge on any atom is 0.323 e. The van der Waals surface area contributed by atoms with Crippen molar-refractivity contribution in [1.82, 2.24) is 25.3 Å². The molecule has 2 heterocycles. The summed E-state index contributed by atoms with van der Waals surface area (Å²) in [5, 5.41) is 20.5. The largest absolute Gasteiger partial charge is 0.480 e. The van der Waals surface area contributed by atoms with Crippen LogP contribution in [0.2, 0.25) is 0 Å². The van der Waals surface area contributed by atoms with Crippen molar-refractivity contribution in [2.45, 2.75) is 51.5 Å². The lowest BCUT2D eigenvalue weighted by Gasteiger charge is -2.15. The quantitative estimate of drug-likeness (QED) is 0.100. The Bertz CT molecular complexity index is 1270. The Morgan fingerprint density at radius 3 is 1.96 bits per heavy atom. The Morgan fingerprint density at radius 1 is 0.800 bits per heavy atom. The molecular formula is C31H43N7O6S. The van der Waals surface area contributed by atoms with E-state index in [9.17, 15) is 23.7 Å². The molecule has 244 valence electrons. The van der Waals surface area contributed by atoms with Crippen molar-refractivity contribution in [3.8, 4) is 5.75 Å². The van der Waals surface area contributed by atoms with Gasteiger partial charge in [0.1, 0.15) is 23.4 Å². The zero-order valence-electron chi connectivity index (χ0n) is 25.4. The average molecular weight is 642 g/mol. The first-order chi connectivity index (χ1) is 21.9. The van der Waals surface area contributed by atoms with E-state index in [1.165, 1.54) is 19.3 Å². The van der Waals surface area contributed by atoms with Crippen LogP contribution >= 0.6 is 0 Å². The first-order valence-electron chi connectivity index (χ1n) is 14.8. The van der Waals surface area contributed by atoms with Gasteiger partial charge in [-0.05, 0) is 55.7 Å². The van der Waals surface area contributed by atoms with Crippen molar-refractivity contribution in [3.05, 3.63) is 79.1 Å². The molecule has 0 radical (unpaired) electrons. The van der Waals surface area contributed by atoms with Crippen LogP contribution in [0.5, 0.6) is 5.75 Å². The van der Waals surface area contributed by atoms with Crippen LogP contribution in [0.1, 0.15) is 45.4 Å². The summed E-state index contributed by atoms with van der Waals surface area (Å²) < 4.78 is 19.3. The molecule has 2 aromatic heterocycles. The standard InChI is InChI=1S/C21H27N5O6S.C10H16N2/c27-19(11-5-7-13-23-18-10-4-6-12-22-18)25-15-20(28)24-14-17(21(29)30)26-33(31)32-16-8-2-1-3-9-16;1-2-3-5-8-11-10-7-4-6-9-12-10/h1-4,6,8-10,12,17,26H,5,7,11,13-15H2,(H,22,23)(H,24,28)(H,25,27)(H,29,30);4,6-7,9H,2-3,5,8H2,1H3,(H,11,12). The number of carboxylic acid groups (broad SMARTS) is 1. The highest BCUT2D eigenvalue weighted by Crippen LogP contribution is 2.09. The maximum atomic E-state index is 12.0. The number of aliphatic carboxylic acids is 1. The summed E-state index contributed by atoms with van der Waals surface area (Å²) >= 11 is -2.13. The number of carbonyl (C=O) groups is 3. The van der Waals surface area contributed by atoms with Gasteiger partial charge in [0.05, 0.1) is 6.54 Å². The fraction of sp³-hybridized carbons (Fsp3) is 0.387. The molecule has 0 aliphatic carbocycles. The second-order valence-electron chi connectivity index (χ2n) is 9.67. The summed E-state index contributed by atoms with van der Waals surface area (Å²) in [4.78, 5) is 43.4. The van der Waals surface area contributed by atoms with Gasteiger partial charge in [0.2, 0.25) is 11.8 Å². The van der Waals surface area contributed by atoms with Crippen LogP contribution in [0, 0.1) is 0 Å². The monoisotopic (exact) mass is 641 g/mol. The molecule has 2 amide bonds. The fourth-order valence-electron chi connectivity index (χ4n) is 3.58. The number of unbranched alkanes of at least 4 members (excludes halogenated alkanes) is 3. The minimum absolute atomic E-state index is 0.256. The minimum Gasteiger partial charge on any atom is -0.480 e. The Hall–Kier alpha value is -4.56. The molecular weight excluding hydrogens is 598 g/mol. The molecule has 0 bridgehead atoms. The molecule has 0 spiro atoms. The Kier molecular flexibility index (Phi) is 18.6. The maximum absolute atomic E-state index is 12.0. The number of carboxylic acids is 1. The molecule has 45 heavy (non-hydrogen) atoms. The molecule has 0 saturated heterocycles. The zero-order valence-corrected chi connectivity index (χ0v) is 26.3. The summed E-state index contributed by atoms with van der Waals surface area (Å²) in [7, 11) is 0. The lowest BCUT2D eigenvalue weighted by Crippen LogP contribution is -2.49. The molecule has 14 heteroatoms. The molecule has 13 nitrogen and oxygen atoms in total. The molecule has 1 aromatic carbocycles. The third-order valence-electron chi connectivity index (χ3n) is 5.95. The SMILES string of the molecule is CCCCCNc1ccccn1.O=C(CCCCNc1ccccn1)NCC(=O)NCC(NS(=O)Oc1ccccc1)C(=O)O. The van der Waals surface area contributed by atoms with E-state index in [-0.39, 0.29) is 25.4 Å². The first kappa shape index (κ1) is 36.6. The summed E-state index contributed by atoms with van der Waals surface area (Å²) in [6.07, 6.45) is 8.93. The van der Waals surface area contributed by atoms with Gasteiger partial charge in [-0.15, -0.1) is 0 Å². The topological polar surface area (TPSA) is 184 Å². The normalized spacial score (nSPS) is 11.6. The van der Waals surface area contributed by atoms with Gasteiger partial charge < -0.3 is 30.6 Å². The number of carbonyl (C=O) groups excluding carboxylic acids is 2. The Labute approximate surface area is 266 Å². The third-order valence-corrected chi connectivity index (χ3v) is 6.77. The fourth-order valence-corrected chi connectivity index (χ4v) is 4.33. The number of hydrogen-bond acceptors (Lipinski definition) is 9.